The Balaban J connectivity index is 1.75. The van der Waals surface area contributed by atoms with E-state index in [4.69, 9.17) is 14.3 Å². The largest absolute Gasteiger partial charge is 0.359 e. The maximum absolute atomic E-state index is 12.3. The number of carbonyl (C=O) groups excluding carboxylic acids is 1. The highest BCUT2D eigenvalue weighted by Gasteiger charge is 2.51. The van der Waals surface area contributed by atoms with Gasteiger partial charge in [-0.05, 0) is 25.2 Å². The van der Waals surface area contributed by atoms with Gasteiger partial charge in [-0.2, -0.15) is 0 Å². The van der Waals surface area contributed by atoms with Crippen molar-refractivity contribution in [1.82, 2.24) is 5.06 Å². The first-order valence-corrected chi connectivity index (χ1v) is 7.52. The van der Waals surface area contributed by atoms with Gasteiger partial charge < -0.3 is 9.47 Å². The van der Waals surface area contributed by atoms with Gasteiger partial charge in [0, 0.05) is 13.5 Å². The van der Waals surface area contributed by atoms with Gasteiger partial charge in [0.1, 0.15) is 12.9 Å². The molecule has 2 heterocycles. The Kier molecular flexibility index (Phi) is 4.10. The summed E-state index contributed by atoms with van der Waals surface area (Å²) < 4.78 is 10.2. The molecule has 0 aromatic rings. The number of hydrogen-bond donors (Lipinski definition) is 0. The fraction of sp³-hybridized carbons (Fsp3) is 0.800. The SMILES string of the molecule is COCOC[C@@H]1C=C[C@]23CCCC[C@@H]2CCC(=O)N3O1. The van der Waals surface area contributed by atoms with Gasteiger partial charge in [0.2, 0.25) is 5.91 Å². The Morgan fingerprint density at radius 3 is 3.20 bits per heavy atom. The van der Waals surface area contributed by atoms with Gasteiger partial charge >= 0.3 is 0 Å². The van der Waals surface area contributed by atoms with Gasteiger partial charge in [-0.1, -0.05) is 25.0 Å². The third kappa shape index (κ3) is 2.38. The van der Waals surface area contributed by atoms with E-state index in [0.29, 0.717) is 18.9 Å². The number of rotatable bonds is 4. The van der Waals surface area contributed by atoms with Crippen molar-refractivity contribution in [1.29, 1.82) is 0 Å². The molecular formula is C15H23NO4. The molecule has 3 aliphatic rings. The van der Waals surface area contributed by atoms with Crippen molar-refractivity contribution in [3.8, 4) is 0 Å². The van der Waals surface area contributed by atoms with Crippen molar-refractivity contribution in [3.05, 3.63) is 12.2 Å². The zero-order valence-electron chi connectivity index (χ0n) is 12.0. The number of hydroxylamine groups is 2. The van der Waals surface area contributed by atoms with Crippen LogP contribution in [0.3, 0.4) is 0 Å². The molecular weight excluding hydrogens is 258 g/mol. The summed E-state index contributed by atoms with van der Waals surface area (Å²) in [6.07, 6.45) is 10.3. The summed E-state index contributed by atoms with van der Waals surface area (Å²) in [6.45, 7) is 0.657. The molecule has 5 nitrogen and oxygen atoms in total. The van der Waals surface area contributed by atoms with Crippen LogP contribution in [-0.2, 0) is 19.1 Å². The van der Waals surface area contributed by atoms with Gasteiger partial charge in [0.15, 0.2) is 0 Å². The molecule has 1 spiro atoms. The van der Waals surface area contributed by atoms with E-state index in [0.717, 1.165) is 12.8 Å². The maximum atomic E-state index is 12.3. The van der Waals surface area contributed by atoms with Crippen LogP contribution < -0.4 is 0 Å². The van der Waals surface area contributed by atoms with Crippen LogP contribution >= 0.6 is 0 Å². The van der Waals surface area contributed by atoms with Crippen molar-refractivity contribution in [2.75, 3.05) is 20.5 Å². The number of nitrogens with zero attached hydrogens (tertiary/aromatic N) is 1. The fourth-order valence-corrected chi connectivity index (χ4v) is 3.77. The molecule has 0 unspecified atom stereocenters. The zero-order chi connectivity index (χ0) is 14.0. The second kappa shape index (κ2) is 5.84. The molecule has 1 amide bonds. The predicted molar refractivity (Wildman–Crippen MR) is 72.6 cm³/mol. The minimum atomic E-state index is -0.194. The van der Waals surface area contributed by atoms with E-state index >= 15 is 0 Å². The van der Waals surface area contributed by atoms with Gasteiger partial charge in [-0.15, -0.1) is 0 Å². The molecule has 20 heavy (non-hydrogen) atoms. The fourth-order valence-electron chi connectivity index (χ4n) is 3.77. The monoisotopic (exact) mass is 281 g/mol. The van der Waals surface area contributed by atoms with Gasteiger partial charge in [-0.3, -0.25) is 9.63 Å². The maximum Gasteiger partial charge on any atom is 0.246 e. The third-order valence-corrected chi connectivity index (χ3v) is 4.72. The number of carbonyl (C=O) groups is 1. The van der Waals surface area contributed by atoms with Crippen LogP contribution in [0.25, 0.3) is 0 Å². The second-order valence-electron chi connectivity index (χ2n) is 5.94. The molecule has 0 bridgehead atoms. The van der Waals surface area contributed by atoms with Crippen molar-refractivity contribution in [2.45, 2.75) is 50.2 Å². The molecule has 1 aliphatic carbocycles. The Hall–Kier alpha value is -0.910. The van der Waals surface area contributed by atoms with Crippen LogP contribution in [0.2, 0.25) is 0 Å². The van der Waals surface area contributed by atoms with Crippen molar-refractivity contribution in [2.24, 2.45) is 5.92 Å². The van der Waals surface area contributed by atoms with E-state index in [2.05, 4.69) is 12.2 Å². The van der Waals surface area contributed by atoms with E-state index in [1.807, 2.05) is 0 Å². The number of piperidine rings is 1. The minimum Gasteiger partial charge on any atom is -0.359 e. The molecule has 0 radical (unpaired) electrons. The summed E-state index contributed by atoms with van der Waals surface area (Å²) in [5.41, 5.74) is -0.189. The Labute approximate surface area is 119 Å². The smallest absolute Gasteiger partial charge is 0.246 e. The molecule has 1 saturated carbocycles. The van der Waals surface area contributed by atoms with Gasteiger partial charge in [0.25, 0.3) is 0 Å². The van der Waals surface area contributed by atoms with Crippen LogP contribution in [0.1, 0.15) is 38.5 Å². The summed E-state index contributed by atoms with van der Waals surface area (Å²) >= 11 is 0. The summed E-state index contributed by atoms with van der Waals surface area (Å²) in [5, 5.41) is 1.67. The van der Waals surface area contributed by atoms with Crippen LogP contribution in [0, 0.1) is 5.92 Å². The summed E-state index contributed by atoms with van der Waals surface area (Å²) in [5.74, 6) is 0.662. The highest BCUT2D eigenvalue weighted by molar-refractivity contribution is 5.77. The average molecular weight is 281 g/mol. The molecule has 1 saturated heterocycles. The first kappa shape index (κ1) is 14.0. The number of amides is 1. The lowest BCUT2D eigenvalue weighted by Gasteiger charge is -2.54. The van der Waals surface area contributed by atoms with Crippen LogP contribution in [0.4, 0.5) is 0 Å². The van der Waals surface area contributed by atoms with E-state index in [1.165, 1.54) is 19.3 Å². The molecule has 3 rings (SSSR count). The third-order valence-electron chi connectivity index (χ3n) is 4.72. The van der Waals surface area contributed by atoms with E-state index in [9.17, 15) is 4.79 Å². The Morgan fingerprint density at radius 2 is 2.35 bits per heavy atom. The molecule has 0 aromatic heterocycles. The lowest BCUT2D eigenvalue weighted by molar-refractivity contribution is -0.264. The normalized spacial score (nSPS) is 36.6. The van der Waals surface area contributed by atoms with Crippen LogP contribution in [-0.4, -0.2) is 43.1 Å². The minimum absolute atomic E-state index is 0.115. The number of ether oxygens (including phenoxy) is 2. The topological polar surface area (TPSA) is 48.0 Å². The van der Waals surface area contributed by atoms with Gasteiger partial charge in [0.05, 0.1) is 12.1 Å². The first-order valence-electron chi connectivity index (χ1n) is 7.52. The molecule has 0 aromatic carbocycles. The number of methoxy groups -OCH3 is 1. The van der Waals surface area contributed by atoms with E-state index in [-0.39, 0.29) is 24.3 Å². The zero-order valence-corrected chi connectivity index (χ0v) is 12.0. The first-order chi connectivity index (χ1) is 9.76. The highest BCUT2D eigenvalue weighted by Crippen LogP contribution is 2.47. The van der Waals surface area contributed by atoms with E-state index < -0.39 is 0 Å². The Morgan fingerprint density at radius 1 is 1.45 bits per heavy atom. The second-order valence-corrected chi connectivity index (χ2v) is 5.94. The molecule has 0 N–H and O–H groups in total. The lowest BCUT2D eigenvalue weighted by atomic mass is 9.67. The molecule has 3 atom stereocenters. The van der Waals surface area contributed by atoms with Crippen molar-refractivity contribution in [3.63, 3.8) is 0 Å². The average Bonchev–Trinajstić information content (AvgIpc) is 2.48. The standard InChI is InChI=1S/C15H23NO4/c1-18-11-19-10-13-7-9-15-8-3-2-4-12(15)5-6-14(17)16(15)20-13/h7,9,12-13H,2-6,8,10-11H2,1H3/t12-,13+,15-/m1/s1. The quantitative estimate of drug-likeness (QED) is 0.449. The molecule has 2 fully saturated rings. The molecule has 112 valence electrons. The highest BCUT2D eigenvalue weighted by atomic mass is 16.7. The van der Waals surface area contributed by atoms with Crippen molar-refractivity contribution < 1.29 is 19.1 Å². The summed E-state index contributed by atoms with van der Waals surface area (Å²) in [7, 11) is 1.59. The Bertz CT molecular complexity index is 397. The van der Waals surface area contributed by atoms with Gasteiger partial charge in [-0.25, -0.2) is 5.06 Å². The van der Waals surface area contributed by atoms with Crippen LogP contribution in [0.15, 0.2) is 12.2 Å². The molecule has 2 aliphatic heterocycles. The lowest BCUT2D eigenvalue weighted by Crippen LogP contribution is -2.62. The molecule has 5 heteroatoms. The number of hydrogen-bond acceptors (Lipinski definition) is 4. The summed E-state index contributed by atoms with van der Waals surface area (Å²) in [6, 6.07) is 0. The van der Waals surface area contributed by atoms with E-state index in [1.54, 1.807) is 12.2 Å². The van der Waals surface area contributed by atoms with Crippen molar-refractivity contribution >= 4 is 5.91 Å². The van der Waals surface area contributed by atoms with Crippen LogP contribution in [0.5, 0.6) is 0 Å². The summed E-state index contributed by atoms with van der Waals surface area (Å²) in [4.78, 5) is 18.2. The predicted octanol–water partition coefficient (Wildman–Crippen LogP) is 2.03.